The van der Waals surface area contributed by atoms with Crippen molar-refractivity contribution < 1.29 is 9.47 Å². The SMILES string of the molecule is NCCc1cc(Cl)cc(Cl)c1OCCCC1CCCO1. The van der Waals surface area contributed by atoms with Gasteiger partial charge in [-0.1, -0.05) is 23.2 Å². The van der Waals surface area contributed by atoms with E-state index in [2.05, 4.69) is 0 Å². The van der Waals surface area contributed by atoms with Gasteiger partial charge in [-0.15, -0.1) is 0 Å². The molecule has 0 saturated carbocycles. The molecule has 1 aromatic rings. The molecule has 1 aromatic carbocycles. The lowest BCUT2D eigenvalue weighted by molar-refractivity contribution is 0.0981. The van der Waals surface area contributed by atoms with Crippen LogP contribution in [-0.2, 0) is 11.2 Å². The van der Waals surface area contributed by atoms with Crippen LogP contribution in [0.2, 0.25) is 10.0 Å². The van der Waals surface area contributed by atoms with Crippen molar-refractivity contribution in [3.05, 3.63) is 27.7 Å². The molecule has 5 heteroatoms. The lowest BCUT2D eigenvalue weighted by Crippen LogP contribution is -2.09. The van der Waals surface area contributed by atoms with Crippen LogP contribution >= 0.6 is 23.2 Å². The molecule has 1 atom stereocenters. The van der Waals surface area contributed by atoms with Crippen molar-refractivity contribution in [1.29, 1.82) is 0 Å². The Bertz CT molecular complexity index is 434. The van der Waals surface area contributed by atoms with Crippen molar-refractivity contribution in [2.24, 2.45) is 5.73 Å². The number of ether oxygens (including phenoxy) is 2. The third-order valence-electron chi connectivity index (χ3n) is 3.44. The number of benzene rings is 1. The molecule has 0 bridgehead atoms. The van der Waals surface area contributed by atoms with Crippen molar-refractivity contribution in [3.63, 3.8) is 0 Å². The molecule has 1 unspecified atom stereocenters. The van der Waals surface area contributed by atoms with E-state index in [-0.39, 0.29) is 0 Å². The molecule has 0 amide bonds. The van der Waals surface area contributed by atoms with Crippen LogP contribution in [-0.4, -0.2) is 25.9 Å². The number of hydrogen-bond donors (Lipinski definition) is 1. The molecule has 112 valence electrons. The van der Waals surface area contributed by atoms with Gasteiger partial charge in [-0.25, -0.2) is 0 Å². The molecule has 20 heavy (non-hydrogen) atoms. The van der Waals surface area contributed by atoms with Gasteiger partial charge in [0.15, 0.2) is 0 Å². The topological polar surface area (TPSA) is 44.5 Å². The average molecular weight is 318 g/mol. The van der Waals surface area contributed by atoms with E-state index >= 15 is 0 Å². The summed E-state index contributed by atoms with van der Waals surface area (Å²) in [6.45, 7) is 2.08. The van der Waals surface area contributed by atoms with Crippen molar-refractivity contribution in [3.8, 4) is 5.75 Å². The van der Waals surface area contributed by atoms with Gasteiger partial charge in [0.25, 0.3) is 0 Å². The van der Waals surface area contributed by atoms with Crippen LogP contribution in [0.1, 0.15) is 31.2 Å². The first-order valence-electron chi connectivity index (χ1n) is 7.13. The summed E-state index contributed by atoms with van der Waals surface area (Å²) in [5, 5.41) is 1.17. The van der Waals surface area contributed by atoms with Crippen LogP contribution in [0.5, 0.6) is 5.75 Å². The second-order valence-electron chi connectivity index (χ2n) is 5.04. The fourth-order valence-electron chi connectivity index (χ4n) is 2.47. The van der Waals surface area contributed by atoms with E-state index in [1.54, 1.807) is 6.07 Å². The monoisotopic (exact) mass is 317 g/mol. The lowest BCUT2D eigenvalue weighted by atomic mass is 10.1. The molecule has 0 aromatic heterocycles. The smallest absolute Gasteiger partial charge is 0.141 e. The Hall–Kier alpha value is -0.480. The Kier molecular flexibility index (Phi) is 6.43. The highest BCUT2D eigenvalue weighted by Crippen LogP contribution is 2.33. The third-order valence-corrected chi connectivity index (χ3v) is 3.94. The minimum Gasteiger partial charge on any atom is -0.492 e. The molecule has 1 heterocycles. The molecule has 0 aliphatic carbocycles. The van der Waals surface area contributed by atoms with Gasteiger partial charge in [0.2, 0.25) is 0 Å². The Morgan fingerprint density at radius 2 is 2.20 bits per heavy atom. The van der Waals surface area contributed by atoms with Gasteiger partial charge >= 0.3 is 0 Å². The van der Waals surface area contributed by atoms with Gasteiger partial charge in [0.1, 0.15) is 5.75 Å². The zero-order valence-corrected chi connectivity index (χ0v) is 13.1. The highest BCUT2D eigenvalue weighted by molar-refractivity contribution is 6.35. The molecular formula is C15H21Cl2NO2. The second kappa shape index (κ2) is 8.08. The summed E-state index contributed by atoms with van der Waals surface area (Å²) in [6.07, 6.45) is 5.46. The summed E-state index contributed by atoms with van der Waals surface area (Å²) in [5.41, 5.74) is 6.58. The van der Waals surface area contributed by atoms with Gasteiger partial charge in [-0.2, -0.15) is 0 Å². The van der Waals surface area contributed by atoms with E-state index < -0.39 is 0 Å². The van der Waals surface area contributed by atoms with Gasteiger partial charge in [0, 0.05) is 11.6 Å². The number of nitrogens with two attached hydrogens (primary N) is 1. The fourth-order valence-corrected chi connectivity index (χ4v) is 3.06. The predicted molar refractivity (Wildman–Crippen MR) is 82.9 cm³/mol. The third kappa shape index (κ3) is 4.52. The maximum atomic E-state index is 6.20. The zero-order valence-electron chi connectivity index (χ0n) is 11.5. The highest BCUT2D eigenvalue weighted by Gasteiger charge is 2.15. The fraction of sp³-hybridized carbons (Fsp3) is 0.600. The van der Waals surface area contributed by atoms with E-state index in [1.807, 2.05) is 6.07 Å². The summed E-state index contributed by atoms with van der Waals surface area (Å²) in [4.78, 5) is 0. The normalized spacial score (nSPS) is 18.4. The first kappa shape index (κ1) is 15.9. The number of hydrogen-bond acceptors (Lipinski definition) is 3. The number of rotatable bonds is 7. The first-order valence-corrected chi connectivity index (χ1v) is 7.88. The molecular weight excluding hydrogens is 297 g/mol. The predicted octanol–water partition coefficient (Wildman–Crippen LogP) is 3.83. The van der Waals surface area contributed by atoms with Crippen LogP contribution in [0.15, 0.2) is 12.1 Å². The van der Waals surface area contributed by atoms with Crippen LogP contribution in [0.25, 0.3) is 0 Å². The molecule has 2 rings (SSSR count). The van der Waals surface area contributed by atoms with E-state index in [4.69, 9.17) is 38.4 Å². The standard InChI is InChI=1S/C15H21Cl2NO2/c16-12-9-11(5-6-18)15(14(17)10-12)20-8-2-4-13-3-1-7-19-13/h9-10,13H,1-8,18H2. The molecule has 2 N–H and O–H groups in total. The van der Waals surface area contributed by atoms with Gasteiger partial charge in [0.05, 0.1) is 17.7 Å². The molecule has 0 spiro atoms. The van der Waals surface area contributed by atoms with Crippen molar-refractivity contribution >= 4 is 23.2 Å². The first-order chi connectivity index (χ1) is 9.70. The van der Waals surface area contributed by atoms with Gasteiger partial charge in [-0.3, -0.25) is 0 Å². The summed E-state index contributed by atoms with van der Waals surface area (Å²) in [5.74, 6) is 0.717. The quantitative estimate of drug-likeness (QED) is 0.777. The highest BCUT2D eigenvalue weighted by atomic mass is 35.5. The van der Waals surface area contributed by atoms with Crippen LogP contribution in [0, 0.1) is 0 Å². The largest absolute Gasteiger partial charge is 0.492 e. The van der Waals surface area contributed by atoms with Gasteiger partial charge < -0.3 is 15.2 Å². The van der Waals surface area contributed by atoms with Crippen molar-refractivity contribution in [2.45, 2.75) is 38.2 Å². The maximum Gasteiger partial charge on any atom is 0.141 e. The van der Waals surface area contributed by atoms with Crippen LogP contribution < -0.4 is 10.5 Å². The van der Waals surface area contributed by atoms with Crippen molar-refractivity contribution in [2.75, 3.05) is 19.8 Å². The maximum absolute atomic E-state index is 6.20. The Morgan fingerprint density at radius 1 is 1.35 bits per heavy atom. The van der Waals surface area contributed by atoms with E-state index in [0.717, 1.165) is 25.0 Å². The Balaban J connectivity index is 1.87. The second-order valence-corrected chi connectivity index (χ2v) is 5.88. The van der Waals surface area contributed by atoms with Crippen LogP contribution in [0.4, 0.5) is 0 Å². The van der Waals surface area contributed by atoms with Crippen molar-refractivity contribution in [1.82, 2.24) is 0 Å². The molecule has 1 aliphatic heterocycles. The van der Waals surface area contributed by atoms with E-state index in [0.29, 0.717) is 41.5 Å². The summed E-state index contributed by atoms with van der Waals surface area (Å²) in [6, 6.07) is 3.58. The van der Waals surface area contributed by atoms with E-state index in [9.17, 15) is 0 Å². The molecule has 1 aliphatic rings. The molecule has 1 fully saturated rings. The van der Waals surface area contributed by atoms with Gasteiger partial charge in [-0.05, 0) is 56.3 Å². The number of halogens is 2. The minimum atomic E-state index is 0.405. The summed E-state index contributed by atoms with van der Waals surface area (Å²) in [7, 11) is 0. The molecule has 3 nitrogen and oxygen atoms in total. The minimum absolute atomic E-state index is 0.405. The summed E-state index contributed by atoms with van der Waals surface area (Å²) < 4.78 is 11.4. The average Bonchev–Trinajstić information content (AvgIpc) is 2.90. The Morgan fingerprint density at radius 3 is 2.90 bits per heavy atom. The zero-order chi connectivity index (χ0) is 14.4. The van der Waals surface area contributed by atoms with Crippen LogP contribution in [0.3, 0.4) is 0 Å². The summed E-state index contributed by atoms with van der Waals surface area (Å²) >= 11 is 12.2. The molecule has 0 radical (unpaired) electrons. The molecule has 1 saturated heterocycles. The Labute approximate surface area is 130 Å². The van der Waals surface area contributed by atoms with E-state index in [1.165, 1.54) is 12.8 Å². The lowest BCUT2D eigenvalue weighted by Gasteiger charge is -2.14.